The predicted octanol–water partition coefficient (Wildman–Crippen LogP) is 2.09. The van der Waals surface area contributed by atoms with Crippen LogP contribution in [0.1, 0.15) is 11.5 Å². The van der Waals surface area contributed by atoms with E-state index in [1.54, 1.807) is 30.3 Å². The van der Waals surface area contributed by atoms with Gasteiger partial charge in [-0.15, -0.1) is 0 Å². The van der Waals surface area contributed by atoms with Crippen LogP contribution in [-0.4, -0.2) is 17.0 Å². The topological polar surface area (TPSA) is 96.2 Å². The van der Waals surface area contributed by atoms with Gasteiger partial charge in [0.25, 0.3) is 0 Å². The molecule has 0 spiro atoms. The summed E-state index contributed by atoms with van der Waals surface area (Å²) < 4.78 is 5.20. The fourth-order valence-corrected chi connectivity index (χ4v) is 1.60. The van der Waals surface area contributed by atoms with E-state index >= 15 is 0 Å². The van der Waals surface area contributed by atoms with E-state index in [1.807, 2.05) is 6.07 Å². The second kappa shape index (κ2) is 5.18. The highest BCUT2D eigenvalue weighted by molar-refractivity contribution is 5.51. The number of nitro groups is 1. The van der Waals surface area contributed by atoms with Crippen molar-refractivity contribution in [3.8, 4) is 6.07 Å². The lowest BCUT2D eigenvalue weighted by Crippen LogP contribution is -2.17. The average molecular weight is 258 g/mol. The van der Waals surface area contributed by atoms with Crippen LogP contribution in [0.5, 0.6) is 0 Å². The van der Waals surface area contributed by atoms with Gasteiger partial charge in [0, 0.05) is 13.1 Å². The number of nitriles is 1. The zero-order valence-corrected chi connectivity index (χ0v) is 10.1. The van der Waals surface area contributed by atoms with Crippen LogP contribution in [0.3, 0.4) is 0 Å². The monoisotopic (exact) mass is 258 g/mol. The number of pyridine rings is 1. The van der Waals surface area contributed by atoms with Crippen LogP contribution in [0.25, 0.3) is 0 Å². The van der Waals surface area contributed by atoms with Crippen LogP contribution in [-0.2, 0) is 6.54 Å². The molecule has 96 valence electrons. The fraction of sp³-hybridized carbons (Fsp3) is 0.167. The minimum Gasteiger partial charge on any atom is -0.467 e. The SMILES string of the molecule is CN(Cc1ccco1)c1ccc([N+](=O)[O-])c(C#N)n1. The molecule has 0 radical (unpaired) electrons. The molecule has 0 aliphatic heterocycles. The summed E-state index contributed by atoms with van der Waals surface area (Å²) in [5, 5.41) is 19.6. The molecule has 0 amide bonds. The molecule has 0 bridgehead atoms. The molecule has 0 atom stereocenters. The lowest BCUT2D eigenvalue weighted by atomic mass is 10.3. The van der Waals surface area contributed by atoms with E-state index in [4.69, 9.17) is 9.68 Å². The maximum Gasteiger partial charge on any atom is 0.305 e. The molecule has 2 aromatic heterocycles. The third-order valence-electron chi connectivity index (χ3n) is 2.53. The largest absolute Gasteiger partial charge is 0.467 e. The number of anilines is 1. The van der Waals surface area contributed by atoms with E-state index in [0.717, 1.165) is 5.76 Å². The van der Waals surface area contributed by atoms with Gasteiger partial charge in [-0.25, -0.2) is 4.98 Å². The normalized spacial score (nSPS) is 9.89. The lowest BCUT2D eigenvalue weighted by molar-refractivity contribution is -0.385. The first-order chi connectivity index (χ1) is 9.11. The Morgan fingerprint density at radius 3 is 2.89 bits per heavy atom. The van der Waals surface area contributed by atoms with Crippen molar-refractivity contribution in [1.29, 1.82) is 5.26 Å². The zero-order chi connectivity index (χ0) is 13.8. The molecule has 0 unspecified atom stereocenters. The minimum atomic E-state index is -0.623. The number of hydrogen-bond acceptors (Lipinski definition) is 6. The molecule has 2 heterocycles. The summed E-state index contributed by atoms with van der Waals surface area (Å²) >= 11 is 0. The van der Waals surface area contributed by atoms with Gasteiger partial charge in [-0.2, -0.15) is 5.26 Å². The Bertz CT molecular complexity index is 631. The van der Waals surface area contributed by atoms with Crippen molar-refractivity contribution >= 4 is 11.5 Å². The highest BCUT2D eigenvalue weighted by Crippen LogP contribution is 2.21. The predicted molar refractivity (Wildman–Crippen MR) is 66.4 cm³/mol. The molecule has 7 heteroatoms. The maximum absolute atomic E-state index is 10.7. The van der Waals surface area contributed by atoms with Crippen molar-refractivity contribution in [2.75, 3.05) is 11.9 Å². The Hall–Kier alpha value is -2.88. The van der Waals surface area contributed by atoms with Crippen LogP contribution >= 0.6 is 0 Å². The third kappa shape index (κ3) is 2.69. The third-order valence-corrected chi connectivity index (χ3v) is 2.53. The summed E-state index contributed by atoms with van der Waals surface area (Å²) in [6.07, 6.45) is 1.56. The van der Waals surface area contributed by atoms with Crippen LogP contribution in [0, 0.1) is 21.4 Å². The van der Waals surface area contributed by atoms with Gasteiger partial charge in [0.15, 0.2) is 0 Å². The summed E-state index contributed by atoms with van der Waals surface area (Å²) in [4.78, 5) is 15.8. The number of hydrogen-bond donors (Lipinski definition) is 0. The number of nitrogens with zero attached hydrogens (tertiary/aromatic N) is 4. The minimum absolute atomic E-state index is 0.200. The lowest BCUT2D eigenvalue weighted by Gasteiger charge is -2.16. The fourth-order valence-electron chi connectivity index (χ4n) is 1.60. The Morgan fingerprint density at radius 1 is 1.53 bits per heavy atom. The van der Waals surface area contributed by atoms with Crippen LogP contribution in [0.2, 0.25) is 0 Å². The Kier molecular flexibility index (Phi) is 3.43. The Morgan fingerprint density at radius 2 is 2.32 bits per heavy atom. The molecule has 0 aliphatic carbocycles. The van der Waals surface area contributed by atoms with E-state index in [1.165, 1.54) is 12.1 Å². The molecular weight excluding hydrogens is 248 g/mol. The van der Waals surface area contributed by atoms with Crippen molar-refractivity contribution in [3.63, 3.8) is 0 Å². The summed E-state index contributed by atoms with van der Waals surface area (Å²) in [6, 6.07) is 8.09. The van der Waals surface area contributed by atoms with E-state index in [0.29, 0.717) is 12.4 Å². The standard InChI is InChI=1S/C12H10N4O3/c1-15(8-9-3-2-6-19-9)12-5-4-11(16(17)18)10(7-13)14-12/h2-6H,8H2,1H3. The number of furan rings is 1. The van der Waals surface area contributed by atoms with E-state index < -0.39 is 4.92 Å². The van der Waals surface area contributed by atoms with Crippen LogP contribution in [0.15, 0.2) is 34.9 Å². The van der Waals surface area contributed by atoms with Crippen molar-refractivity contribution in [2.45, 2.75) is 6.54 Å². The maximum atomic E-state index is 10.7. The van der Waals surface area contributed by atoms with E-state index in [-0.39, 0.29) is 11.4 Å². The highest BCUT2D eigenvalue weighted by Gasteiger charge is 2.17. The van der Waals surface area contributed by atoms with Crippen molar-refractivity contribution in [3.05, 3.63) is 52.1 Å². The molecule has 0 saturated carbocycles. The molecular formula is C12H10N4O3. The van der Waals surface area contributed by atoms with Gasteiger partial charge in [-0.05, 0) is 18.2 Å². The Labute approximate surface area is 108 Å². The number of rotatable bonds is 4. The van der Waals surface area contributed by atoms with Gasteiger partial charge < -0.3 is 9.32 Å². The van der Waals surface area contributed by atoms with E-state index in [2.05, 4.69) is 4.98 Å². The second-order valence-corrected chi connectivity index (χ2v) is 3.84. The first kappa shape index (κ1) is 12.6. The summed E-state index contributed by atoms with van der Waals surface area (Å²) in [6.45, 7) is 0.461. The van der Waals surface area contributed by atoms with Gasteiger partial charge in [0.05, 0.1) is 17.7 Å². The molecule has 0 aliphatic rings. The van der Waals surface area contributed by atoms with Gasteiger partial charge >= 0.3 is 5.69 Å². The van der Waals surface area contributed by atoms with Crippen molar-refractivity contribution < 1.29 is 9.34 Å². The molecule has 7 nitrogen and oxygen atoms in total. The first-order valence-corrected chi connectivity index (χ1v) is 5.41. The molecule has 0 fully saturated rings. The second-order valence-electron chi connectivity index (χ2n) is 3.84. The summed E-state index contributed by atoms with van der Waals surface area (Å²) in [7, 11) is 1.76. The average Bonchev–Trinajstić information content (AvgIpc) is 2.90. The number of aromatic nitrogens is 1. The smallest absolute Gasteiger partial charge is 0.305 e. The quantitative estimate of drug-likeness (QED) is 0.615. The van der Waals surface area contributed by atoms with Crippen LogP contribution in [0.4, 0.5) is 11.5 Å². The van der Waals surface area contributed by atoms with E-state index in [9.17, 15) is 10.1 Å². The van der Waals surface area contributed by atoms with Gasteiger partial charge in [-0.1, -0.05) is 0 Å². The molecule has 0 aromatic carbocycles. The zero-order valence-electron chi connectivity index (χ0n) is 10.1. The molecule has 0 N–H and O–H groups in total. The molecule has 19 heavy (non-hydrogen) atoms. The molecule has 0 saturated heterocycles. The highest BCUT2D eigenvalue weighted by atomic mass is 16.6. The van der Waals surface area contributed by atoms with Gasteiger partial charge in [0.2, 0.25) is 5.69 Å². The van der Waals surface area contributed by atoms with Crippen molar-refractivity contribution in [1.82, 2.24) is 4.98 Å². The molecule has 2 aromatic rings. The van der Waals surface area contributed by atoms with Crippen molar-refractivity contribution in [2.24, 2.45) is 0 Å². The Balaban J connectivity index is 2.26. The molecule has 2 rings (SSSR count). The van der Waals surface area contributed by atoms with Gasteiger partial charge in [-0.3, -0.25) is 10.1 Å². The summed E-state index contributed by atoms with van der Waals surface area (Å²) in [5.41, 5.74) is -0.494. The first-order valence-electron chi connectivity index (χ1n) is 5.41. The summed E-state index contributed by atoms with van der Waals surface area (Å²) in [5.74, 6) is 1.21. The van der Waals surface area contributed by atoms with Crippen LogP contribution < -0.4 is 4.90 Å². The van der Waals surface area contributed by atoms with Gasteiger partial charge in [0.1, 0.15) is 17.6 Å².